The lowest BCUT2D eigenvalue weighted by atomic mass is 10.2. The molecule has 126 valence electrons. The molecule has 1 aliphatic carbocycles. The smallest absolute Gasteiger partial charge is 0.258 e. The van der Waals surface area contributed by atoms with Gasteiger partial charge in [0.1, 0.15) is 5.75 Å². The topological polar surface area (TPSA) is 73.2 Å². The minimum atomic E-state index is -0.216. The molecule has 1 aliphatic rings. The van der Waals surface area contributed by atoms with Crippen molar-refractivity contribution in [1.82, 2.24) is 14.9 Å². The molecule has 0 radical (unpaired) electrons. The molecular formula is C18H21N3O3. The molecule has 1 amide bonds. The van der Waals surface area contributed by atoms with E-state index in [4.69, 9.17) is 4.74 Å². The molecule has 0 bridgehead atoms. The second-order valence-electron chi connectivity index (χ2n) is 6.07. The van der Waals surface area contributed by atoms with Crippen LogP contribution in [0, 0.1) is 6.92 Å². The summed E-state index contributed by atoms with van der Waals surface area (Å²) in [4.78, 5) is 28.1. The Labute approximate surface area is 140 Å². The summed E-state index contributed by atoms with van der Waals surface area (Å²) in [6.45, 7) is 2.70. The fraction of sp³-hybridized carbons (Fsp3) is 0.389. The first-order chi connectivity index (χ1) is 11.6. The van der Waals surface area contributed by atoms with Gasteiger partial charge in [0, 0.05) is 25.1 Å². The van der Waals surface area contributed by atoms with E-state index in [1.54, 1.807) is 12.4 Å². The van der Waals surface area contributed by atoms with Crippen molar-refractivity contribution in [2.45, 2.75) is 32.2 Å². The molecule has 0 spiro atoms. The van der Waals surface area contributed by atoms with Crippen molar-refractivity contribution in [2.24, 2.45) is 0 Å². The third kappa shape index (κ3) is 4.44. The van der Waals surface area contributed by atoms with E-state index in [9.17, 15) is 9.59 Å². The van der Waals surface area contributed by atoms with Crippen molar-refractivity contribution in [1.29, 1.82) is 0 Å². The number of rotatable bonds is 7. The number of aryl methyl sites for hydroxylation is 1. The van der Waals surface area contributed by atoms with Crippen molar-refractivity contribution in [2.75, 3.05) is 13.2 Å². The predicted molar refractivity (Wildman–Crippen MR) is 90.2 cm³/mol. The van der Waals surface area contributed by atoms with Gasteiger partial charge in [-0.3, -0.25) is 14.2 Å². The zero-order valence-electron chi connectivity index (χ0n) is 13.7. The van der Waals surface area contributed by atoms with E-state index in [1.165, 1.54) is 4.57 Å². The predicted octanol–water partition coefficient (Wildman–Crippen LogP) is 1.62. The maximum atomic E-state index is 12.0. The van der Waals surface area contributed by atoms with Gasteiger partial charge in [-0.05, 0) is 31.9 Å². The summed E-state index contributed by atoms with van der Waals surface area (Å²) in [6, 6.07) is 9.11. The second kappa shape index (κ2) is 7.29. The number of aromatic nitrogens is 2. The van der Waals surface area contributed by atoms with E-state index >= 15 is 0 Å². The quantitative estimate of drug-likeness (QED) is 0.839. The van der Waals surface area contributed by atoms with Crippen LogP contribution in [0.15, 0.2) is 41.5 Å². The Hall–Kier alpha value is -2.63. The van der Waals surface area contributed by atoms with Crippen molar-refractivity contribution in [3.05, 3.63) is 58.3 Å². The van der Waals surface area contributed by atoms with Gasteiger partial charge in [0.25, 0.3) is 11.5 Å². The summed E-state index contributed by atoms with van der Waals surface area (Å²) in [6.07, 6.45) is 3.80. The van der Waals surface area contributed by atoms with Gasteiger partial charge in [-0.15, -0.1) is 0 Å². The highest BCUT2D eigenvalue weighted by Gasteiger charge is 2.25. The van der Waals surface area contributed by atoms with Gasteiger partial charge in [0.15, 0.2) is 6.61 Å². The maximum Gasteiger partial charge on any atom is 0.258 e. The van der Waals surface area contributed by atoms with Crippen LogP contribution >= 0.6 is 0 Å². The molecular weight excluding hydrogens is 306 g/mol. The molecule has 24 heavy (non-hydrogen) atoms. The molecule has 1 heterocycles. The van der Waals surface area contributed by atoms with Gasteiger partial charge in [0.05, 0.1) is 12.0 Å². The van der Waals surface area contributed by atoms with Crippen LogP contribution in [0.25, 0.3) is 0 Å². The zero-order chi connectivity index (χ0) is 16.9. The number of amides is 1. The van der Waals surface area contributed by atoms with Crippen LogP contribution in [0.4, 0.5) is 0 Å². The zero-order valence-corrected chi connectivity index (χ0v) is 13.7. The van der Waals surface area contributed by atoms with Gasteiger partial charge in [-0.1, -0.05) is 17.7 Å². The lowest BCUT2D eigenvalue weighted by Crippen LogP contribution is -2.33. The molecule has 0 saturated heterocycles. The molecule has 1 aromatic carbocycles. The molecule has 1 aromatic heterocycles. The average Bonchev–Trinajstić information content (AvgIpc) is 3.41. The summed E-state index contributed by atoms with van der Waals surface area (Å²) >= 11 is 0. The Morgan fingerprint density at radius 2 is 2.08 bits per heavy atom. The van der Waals surface area contributed by atoms with E-state index in [0.717, 1.165) is 24.1 Å². The number of benzene rings is 1. The maximum absolute atomic E-state index is 12.0. The average molecular weight is 327 g/mol. The molecule has 1 N–H and O–H groups in total. The molecule has 2 aromatic rings. The Balaban J connectivity index is 1.41. The van der Waals surface area contributed by atoms with E-state index in [1.807, 2.05) is 31.2 Å². The van der Waals surface area contributed by atoms with Crippen LogP contribution in [-0.2, 0) is 11.3 Å². The van der Waals surface area contributed by atoms with Crippen molar-refractivity contribution in [3.8, 4) is 5.75 Å². The molecule has 1 fully saturated rings. The third-order valence-corrected chi connectivity index (χ3v) is 3.96. The Kier molecular flexibility index (Phi) is 4.93. The number of hydrogen-bond donors (Lipinski definition) is 1. The van der Waals surface area contributed by atoms with E-state index in [2.05, 4.69) is 10.3 Å². The number of ether oxygens (including phenoxy) is 1. The minimum absolute atomic E-state index is 0.0448. The third-order valence-electron chi connectivity index (χ3n) is 3.96. The number of carbonyl (C=O) groups is 1. The largest absolute Gasteiger partial charge is 0.484 e. The lowest BCUT2D eigenvalue weighted by molar-refractivity contribution is -0.123. The normalized spacial score (nSPS) is 13.5. The standard InChI is InChI=1S/C18H21N3O3/c1-13-2-6-15(7-3-13)24-11-17(22)19-8-9-21-12-20-16(10-18(21)23)14-4-5-14/h2-3,6-7,10,12,14H,4-5,8-9,11H2,1H3,(H,19,22). The minimum Gasteiger partial charge on any atom is -0.484 e. The van der Waals surface area contributed by atoms with Gasteiger partial charge in [0.2, 0.25) is 0 Å². The Bertz CT molecular complexity index is 764. The van der Waals surface area contributed by atoms with Gasteiger partial charge >= 0.3 is 0 Å². The highest BCUT2D eigenvalue weighted by atomic mass is 16.5. The van der Waals surface area contributed by atoms with Crippen LogP contribution in [0.3, 0.4) is 0 Å². The highest BCUT2D eigenvalue weighted by Crippen LogP contribution is 2.38. The molecule has 3 rings (SSSR count). The second-order valence-corrected chi connectivity index (χ2v) is 6.07. The molecule has 6 nitrogen and oxygen atoms in total. The number of hydrogen-bond acceptors (Lipinski definition) is 4. The SMILES string of the molecule is Cc1ccc(OCC(=O)NCCn2cnc(C3CC3)cc2=O)cc1. The number of nitrogens with zero attached hydrogens (tertiary/aromatic N) is 2. The summed E-state index contributed by atoms with van der Waals surface area (Å²) in [5, 5.41) is 2.74. The van der Waals surface area contributed by atoms with E-state index in [0.29, 0.717) is 24.8 Å². The van der Waals surface area contributed by atoms with Crippen LogP contribution in [0.2, 0.25) is 0 Å². The molecule has 0 unspecified atom stereocenters. The first-order valence-corrected chi connectivity index (χ1v) is 8.14. The first-order valence-electron chi connectivity index (χ1n) is 8.14. The molecule has 6 heteroatoms. The van der Waals surface area contributed by atoms with Gasteiger partial charge in [-0.25, -0.2) is 4.98 Å². The van der Waals surface area contributed by atoms with Gasteiger partial charge < -0.3 is 10.1 Å². The molecule has 1 saturated carbocycles. The van der Waals surface area contributed by atoms with Crippen LogP contribution in [0.5, 0.6) is 5.75 Å². The Morgan fingerprint density at radius 3 is 2.75 bits per heavy atom. The first kappa shape index (κ1) is 16.2. The monoisotopic (exact) mass is 327 g/mol. The van der Waals surface area contributed by atoms with E-state index < -0.39 is 0 Å². The number of nitrogens with one attached hydrogen (secondary N) is 1. The lowest BCUT2D eigenvalue weighted by Gasteiger charge is -2.09. The molecule has 0 atom stereocenters. The number of carbonyl (C=O) groups excluding carboxylic acids is 1. The fourth-order valence-corrected chi connectivity index (χ4v) is 2.36. The van der Waals surface area contributed by atoms with Crippen LogP contribution in [0.1, 0.15) is 30.0 Å². The fourth-order valence-electron chi connectivity index (χ4n) is 2.36. The van der Waals surface area contributed by atoms with Crippen LogP contribution in [-0.4, -0.2) is 28.6 Å². The molecule has 0 aliphatic heterocycles. The van der Waals surface area contributed by atoms with E-state index in [-0.39, 0.29) is 18.1 Å². The summed E-state index contributed by atoms with van der Waals surface area (Å²) in [5.74, 6) is 0.906. The van der Waals surface area contributed by atoms with Crippen molar-refractivity contribution < 1.29 is 9.53 Å². The van der Waals surface area contributed by atoms with Crippen LogP contribution < -0.4 is 15.6 Å². The van der Waals surface area contributed by atoms with Gasteiger partial charge in [-0.2, -0.15) is 0 Å². The highest BCUT2D eigenvalue weighted by molar-refractivity contribution is 5.77. The summed E-state index contributed by atoms with van der Waals surface area (Å²) in [7, 11) is 0. The van der Waals surface area contributed by atoms with Crippen molar-refractivity contribution >= 4 is 5.91 Å². The Morgan fingerprint density at radius 1 is 1.33 bits per heavy atom. The summed E-state index contributed by atoms with van der Waals surface area (Å²) in [5.41, 5.74) is 1.95. The van der Waals surface area contributed by atoms with Crippen molar-refractivity contribution in [3.63, 3.8) is 0 Å². The summed E-state index contributed by atoms with van der Waals surface area (Å²) < 4.78 is 6.91.